The van der Waals surface area contributed by atoms with Crippen LogP contribution in [0.4, 0.5) is 0 Å². The van der Waals surface area contributed by atoms with Crippen molar-refractivity contribution in [2.24, 2.45) is 0 Å². The Balaban J connectivity index is 1.78. The van der Waals surface area contributed by atoms with Gasteiger partial charge in [0.25, 0.3) is 13.1 Å². The molecule has 0 saturated carbocycles. The summed E-state index contributed by atoms with van der Waals surface area (Å²) in [5, 5.41) is 0. The number of fused-ring (bicyclic) bond motifs is 1. The lowest BCUT2D eigenvalue weighted by atomic mass is 10.1. The molecule has 5 atom stereocenters. The van der Waals surface area contributed by atoms with E-state index in [2.05, 4.69) is 47.5 Å². The number of nitrogens with zero attached hydrogens (tertiary/aromatic N) is 5. The third kappa shape index (κ3) is 11.3. The van der Waals surface area contributed by atoms with E-state index in [1.54, 1.807) is 6.33 Å². The van der Waals surface area contributed by atoms with Crippen LogP contribution < -0.4 is 5.56 Å². The van der Waals surface area contributed by atoms with Gasteiger partial charge in [0.1, 0.15) is 6.23 Å². The monoisotopic (exact) mass is 650 g/mol. The molecule has 1 saturated heterocycles. The lowest BCUT2D eigenvalue weighted by Gasteiger charge is -2.42. The molecule has 0 spiro atoms. The lowest BCUT2D eigenvalue weighted by Crippen LogP contribution is -2.50. The number of rotatable bonds is 23. The molecule has 3 heterocycles. The summed E-state index contributed by atoms with van der Waals surface area (Å²) in [5.41, 5.74) is 0.575. The minimum atomic E-state index is -3.10. The number of ether oxygens (including phenoxy) is 1. The maximum atomic E-state index is 14.7. The Morgan fingerprint density at radius 2 is 1.53 bits per heavy atom. The van der Waals surface area contributed by atoms with Gasteiger partial charge in [-0.2, -0.15) is 0 Å². The quantitative estimate of drug-likeness (QED) is 0.0949. The van der Waals surface area contributed by atoms with Crippen LogP contribution in [0.5, 0.6) is 0 Å². The van der Waals surface area contributed by atoms with Gasteiger partial charge >= 0.3 is 0 Å². The van der Waals surface area contributed by atoms with Gasteiger partial charge in [-0.05, 0) is 40.3 Å². The van der Waals surface area contributed by atoms with E-state index in [1.807, 2.05) is 23.3 Å². The van der Waals surface area contributed by atoms with Gasteiger partial charge in [0.15, 0.2) is 11.2 Å². The number of hydrogen-bond donors (Lipinski definition) is 1. The Morgan fingerprint density at radius 3 is 2.18 bits per heavy atom. The molecule has 1 fully saturated rings. The van der Waals surface area contributed by atoms with E-state index >= 15 is 0 Å². The second-order valence-electron chi connectivity index (χ2n) is 13.3. The van der Waals surface area contributed by atoms with E-state index in [-0.39, 0.29) is 30.2 Å². The minimum Gasteiger partial charge on any atom is -0.350 e. The average Bonchev–Trinajstić information content (AvgIpc) is 3.48. The Hall–Kier alpha value is -1.58. The largest absolute Gasteiger partial charge is 0.350 e. The molecular weight excluding hydrogens is 587 g/mol. The summed E-state index contributed by atoms with van der Waals surface area (Å²) in [7, 11) is 0.708. The summed E-state index contributed by atoms with van der Waals surface area (Å²) in [6, 6.07) is 0.359. The van der Waals surface area contributed by atoms with Crippen LogP contribution >= 0.6 is 7.52 Å². The first-order valence-electron chi connectivity index (χ1n) is 18.0. The lowest BCUT2D eigenvalue weighted by molar-refractivity contribution is -0.138. The Morgan fingerprint density at radius 1 is 0.933 bits per heavy atom. The Bertz CT molecular complexity index is 1200. The number of aromatic nitrogens is 4. The van der Waals surface area contributed by atoms with Crippen LogP contribution in [-0.2, 0) is 13.8 Å². The number of H-pyrrole nitrogens is 1. The SMILES string of the molecule is CCCCCCCC(C)N1C[C@@H](COP(=O)(C(CCCCC)CCCCCCC)N(C)C)O[C@@H](n2cnc3c(=O)[nH]cnc32)C1. The van der Waals surface area contributed by atoms with Crippen molar-refractivity contribution in [1.29, 1.82) is 0 Å². The first-order chi connectivity index (χ1) is 21.7. The van der Waals surface area contributed by atoms with Crippen molar-refractivity contribution in [2.45, 2.75) is 154 Å². The second kappa shape index (κ2) is 19.9. The van der Waals surface area contributed by atoms with Crippen LogP contribution in [0, 0.1) is 0 Å². The van der Waals surface area contributed by atoms with Crippen molar-refractivity contribution in [3.05, 3.63) is 23.0 Å². The first kappa shape index (κ1) is 37.9. The molecule has 2 aromatic heterocycles. The van der Waals surface area contributed by atoms with E-state index in [0.29, 0.717) is 30.3 Å². The topological polar surface area (TPSA) is 106 Å². The fraction of sp³-hybridized carbons (Fsp3) is 0.853. The summed E-state index contributed by atoms with van der Waals surface area (Å²) in [5.74, 6) is 0. The highest BCUT2D eigenvalue weighted by Gasteiger charge is 2.39. The van der Waals surface area contributed by atoms with E-state index in [4.69, 9.17) is 9.26 Å². The molecule has 258 valence electrons. The van der Waals surface area contributed by atoms with E-state index < -0.39 is 7.52 Å². The Labute approximate surface area is 272 Å². The van der Waals surface area contributed by atoms with E-state index in [1.165, 1.54) is 64.1 Å². The van der Waals surface area contributed by atoms with Gasteiger partial charge in [0.05, 0.1) is 31.0 Å². The average molecular weight is 651 g/mol. The Kier molecular flexibility index (Phi) is 16.8. The highest BCUT2D eigenvalue weighted by atomic mass is 31.2. The molecule has 1 aliphatic rings. The van der Waals surface area contributed by atoms with Gasteiger partial charge in [0, 0.05) is 19.1 Å². The van der Waals surface area contributed by atoms with Crippen molar-refractivity contribution in [1.82, 2.24) is 29.1 Å². The summed E-state index contributed by atoms with van der Waals surface area (Å²) >= 11 is 0. The zero-order valence-electron chi connectivity index (χ0n) is 29.2. The smallest absolute Gasteiger partial charge is 0.278 e. The van der Waals surface area contributed by atoms with Gasteiger partial charge in [-0.15, -0.1) is 0 Å². The second-order valence-corrected chi connectivity index (χ2v) is 16.3. The van der Waals surface area contributed by atoms with Crippen LogP contribution in [0.15, 0.2) is 17.4 Å². The fourth-order valence-electron chi connectivity index (χ4n) is 6.57. The molecule has 1 N–H and O–H groups in total. The summed E-state index contributed by atoms with van der Waals surface area (Å²) in [6.45, 7) is 10.6. The molecule has 3 unspecified atom stereocenters. The molecular formula is C34H63N6O4P. The molecule has 1 aliphatic heterocycles. The first-order valence-corrected chi connectivity index (χ1v) is 19.6. The van der Waals surface area contributed by atoms with E-state index in [9.17, 15) is 9.36 Å². The maximum Gasteiger partial charge on any atom is 0.278 e. The zero-order valence-corrected chi connectivity index (χ0v) is 30.1. The molecule has 10 nitrogen and oxygen atoms in total. The van der Waals surface area contributed by atoms with E-state index in [0.717, 1.165) is 44.9 Å². The van der Waals surface area contributed by atoms with Crippen LogP contribution in [0.25, 0.3) is 11.2 Å². The molecule has 11 heteroatoms. The highest BCUT2D eigenvalue weighted by molar-refractivity contribution is 7.57. The molecule has 45 heavy (non-hydrogen) atoms. The van der Waals surface area contributed by atoms with Crippen LogP contribution in [0.3, 0.4) is 0 Å². The third-order valence-electron chi connectivity index (χ3n) is 9.45. The summed E-state index contributed by atoms with van der Waals surface area (Å²) < 4.78 is 31.6. The normalized spacial score (nSPS) is 20.5. The van der Waals surface area contributed by atoms with Gasteiger partial charge < -0.3 is 14.2 Å². The molecule has 2 aromatic rings. The predicted octanol–water partition coefficient (Wildman–Crippen LogP) is 8.15. The fourth-order valence-corrected chi connectivity index (χ4v) is 9.06. The highest BCUT2D eigenvalue weighted by Crippen LogP contribution is 2.57. The molecule has 0 bridgehead atoms. The van der Waals surface area contributed by atoms with Crippen molar-refractivity contribution in [3.63, 3.8) is 0 Å². The summed E-state index contributed by atoms with van der Waals surface area (Å²) in [4.78, 5) is 26.3. The molecule has 0 amide bonds. The standard InChI is InChI=1S/C34H63N6O4P/c1-7-10-13-15-18-20-28(4)39-23-29(44-31(24-39)40-27-37-32-33(40)35-26-36-34(32)41)25-43-45(42,38(5)6)30(21-17-12-9-3)22-19-16-14-11-8-2/h26-31H,7-25H2,1-6H3,(H,35,36,41)/t28?,29-,30?,31+,45?/m0/s1. The molecule has 3 rings (SSSR count). The molecule has 0 aliphatic carbocycles. The van der Waals surface area contributed by atoms with Crippen LogP contribution in [-0.4, -0.2) is 80.7 Å². The van der Waals surface area contributed by atoms with Crippen molar-refractivity contribution >= 4 is 18.7 Å². The van der Waals surface area contributed by atoms with Gasteiger partial charge in [-0.1, -0.05) is 104 Å². The van der Waals surface area contributed by atoms with Crippen molar-refractivity contribution in [2.75, 3.05) is 33.8 Å². The molecule has 0 radical (unpaired) electrons. The van der Waals surface area contributed by atoms with Gasteiger partial charge in [-0.25, -0.2) is 14.6 Å². The zero-order chi connectivity index (χ0) is 32.7. The van der Waals surface area contributed by atoms with Crippen LogP contribution in [0.2, 0.25) is 0 Å². The van der Waals surface area contributed by atoms with Crippen molar-refractivity contribution < 1.29 is 13.8 Å². The number of hydrogen-bond acceptors (Lipinski definition) is 7. The number of nitrogens with one attached hydrogen (secondary N) is 1. The van der Waals surface area contributed by atoms with Gasteiger partial charge in [0.2, 0.25) is 0 Å². The minimum absolute atomic E-state index is 0.0201. The van der Waals surface area contributed by atoms with Crippen LogP contribution in [0.1, 0.15) is 137 Å². The van der Waals surface area contributed by atoms with Crippen molar-refractivity contribution in [3.8, 4) is 0 Å². The summed E-state index contributed by atoms with van der Waals surface area (Å²) in [6.07, 6.45) is 21.0. The predicted molar refractivity (Wildman–Crippen MR) is 185 cm³/mol. The number of morpholine rings is 1. The molecule has 0 aromatic carbocycles. The van der Waals surface area contributed by atoms with Gasteiger partial charge in [-0.3, -0.25) is 18.8 Å². The number of unbranched alkanes of at least 4 members (excludes halogenated alkanes) is 10. The third-order valence-corrected chi connectivity index (χ3v) is 12.5. The number of imidazole rings is 1. The maximum absolute atomic E-state index is 14.7. The number of aromatic amines is 1.